The molecular formula is C13H9BrN2O3. The summed E-state index contributed by atoms with van der Waals surface area (Å²) >= 11 is 3.26. The number of hydrogen-bond acceptors (Lipinski definition) is 3. The minimum absolute atomic E-state index is 0.102. The van der Waals surface area contributed by atoms with E-state index in [1.807, 2.05) is 0 Å². The number of carbonyl (C=O) groups is 2. The quantitative estimate of drug-likeness (QED) is 0.911. The van der Waals surface area contributed by atoms with Gasteiger partial charge in [-0.1, -0.05) is 0 Å². The van der Waals surface area contributed by atoms with Crippen molar-refractivity contribution < 1.29 is 14.7 Å². The Morgan fingerprint density at radius 1 is 1.21 bits per heavy atom. The van der Waals surface area contributed by atoms with Gasteiger partial charge in [0, 0.05) is 16.9 Å². The fourth-order valence-corrected chi connectivity index (χ4v) is 1.79. The van der Waals surface area contributed by atoms with Crippen molar-refractivity contribution >= 4 is 33.5 Å². The number of anilines is 1. The van der Waals surface area contributed by atoms with Crippen LogP contribution < -0.4 is 5.32 Å². The standard InChI is InChI=1S/C13H9BrN2O3/c14-10-4-3-8(13(18)19)6-11(10)16-12(17)9-2-1-5-15-7-9/h1-7H,(H,16,17)(H,18,19). The summed E-state index contributed by atoms with van der Waals surface area (Å²) in [5.74, 6) is -1.40. The smallest absolute Gasteiger partial charge is 0.335 e. The van der Waals surface area contributed by atoms with Gasteiger partial charge in [-0.2, -0.15) is 0 Å². The molecule has 2 aromatic rings. The van der Waals surface area contributed by atoms with Gasteiger partial charge in [0.2, 0.25) is 0 Å². The summed E-state index contributed by atoms with van der Waals surface area (Å²) in [6.07, 6.45) is 3.00. The van der Waals surface area contributed by atoms with Gasteiger partial charge in [-0.25, -0.2) is 4.79 Å². The van der Waals surface area contributed by atoms with E-state index in [-0.39, 0.29) is 11.5 Å². The zero-order valence-electron chi connectivity index (χ0n) is 9.63. The van der Waals surface area contributed by atoms with Crippen LogP contribution in [0.25, 0.3) is 0 Å². The maximum absolute atomic E-state index is 11.9. The van der Waals surface area contributed by atoms with Crippen molar-refractivity contribution in [3.05, 3.63) is 58.3 Å². The molecular weight excluding hydrogens is 312 g/mol. The highest BCUT2D eigenvalue weighted by Crippen LogP contribution is 2.24. The molecule has 0 bridgehead atoms. The van der Waals surface area contributed by atoms with Gasteiger partial charge in [-0.3, -0.25) is 9.78 Å². The number of carbonyl (C=O) groups excluding carboxylic acids is 1. The Labute approximate surface area is 117 Å². The number of halogens is 1. The van der Waals surface area contributed by atoms with Crippen molar-refractivity contribution in [1.29, 1.82) is 0 Å². The lowest BCUT2D eigenvalue weighted by Crippen LogP contribution is -2.13. The average molecular weight is 321 g/mol. The number of carboxylic acids is 1. The van der Waals surface area contributed by atoms with E-state index < -0.39 is 5.97 Å². The number of aromatic nitrogens is 1. The summed E-state index contributed by atoms with van der Waals surface area (Å²) in [7, 11) is 0. The van der Waals surface area contributed by atoms with E-state index in [4.69, 9.17) is 5.11 Å². The lowest BCUT2D eigenvalue weighted by molar-refractivity contribution is 0.0696. The van der Waals surface area contributed by atoms with Gasteiger partial charge in [0.25, 0.3) is 5.91 Å². The van der Waals surface area contributed by atoms with E-state index in [0.29, 0.717) is 15.7 Å². The molecule has 1 aromatic carbocycles. The first-order valence-electron chi connectivity index (χ1n) is 5.32. The first-order chi connectivity index (χ1) is 9.08. The molecule has 2 rings (SSSR count). The van der Waals surface area contributed by atoms with Gasteiger partial charge in [0.15, 0.2) is 0 Å². The SMILES string of the molecule is O=C(O)c1ccc(Br)c(NC(=O)c2cccnc2)c1. The summed E-state index contributed by atoms with van der Waals surface area (Å²) in [4.78, 5) is 26.7. The average Bonchev–Trinajstić information content (AvgIpc) is 2.42. The number of amides is 1. The molecule has 2 N–H and O–H groups in total. The third-order valence-electron chi connectivity index (χ3n) is 2.39. The Balaban J connectivity index is 2.26. The fraction of sp³-hybridized carbons (Fsp3) is 0. The molecule has 0 aliphatic heterocycles. The molecule has 19 heavy (non-hydrogen) atoms. The molecule has 0 spiro atoms. The van der Waals surface area contributed by atoms with Crippen LogP contribution in [0, 0.1) is 0 Å². The lowest BCUT2D eigenvalue weighted by atomic mass is 10.2. The number of carboxylic acid groups (broad SMARTS) is 1. The predicted molar refractivity (Wildman–Crippen MR) is 73.3 cm³/mol. The van der Waals surface area contributed by atoms with E-state index in [1.54, 1.807) is 24.4 Å². The number of pyridine rings is 1. The monoisotopic (exact) mass is 320 g/mol. The van der Waals surface area contributed by atoms with Gasteiger partial charge in [-0.05, 0) is 46.3 Å². The molecule has 1 amide bonds. The van der Waals surface area contributed by atoms with Crippen LogP contribution in [0.4, 0.5) is 5.69 Å². The van der Waals surface area contributed by atoms with Crippen LogP contribution in [0.2, 0.25) is 0 Å². The van der Waals surface area contributed by atoms with E-state index in [2.05, 4.69) is 26.2 Å². The highest BCUT2D eigenvalue weighted by Gasteiger charge is 2.11. The Hall–Kier alpha value is -2.21. The number of rotatable bonds is 3. The van der Waals surface area contributed by atoms with E-state index >= 15 is 0 Å². The molecule has 0 saturated carbocycles. The number of benzene rings is 1. The highest BCUT2D eigenvalue weighted by molar-refractivity contribution is 9.10. The molecule has 1 heterocycles. The highest BCUT2D eigenvalue weighted by atomic mass is 79.9. The van der Waals surface area contributed by atoms with Crippen molar-refractivity contribution in [2.24, 2.45) is 0 Å². The zero-order valence-corrected chi connectivity index (χ0v) is 11.2. The summed E-state index contributed by atoms with van der Waals surface area (Å²) < 4.78 is 0.606. The van der Waals surface area contributed by atoms with Gasteiger partial charge in [0.05, 0.1) is 16.8 Å². The second-order valence-electron chi connectivity index (χ2n) is 3.70. The van der Waals surface area contributed by atoms with Crippen LogP contribution in [-0.2, 0) is 0 Å². The summed E-state index contributed by atoms with van der Waals surface area (Å²) in [6.45, 7) is 0. The van der Waals surface area contributed by atoms with Crippen molar-refractivity contribution in [2.45, 2.75) is 0 Å². The first-order valence-corrected chi connectivity index (χ1v) is 6.11. The Bertz CT molecular complexity index is 629. The molecule has 5 nitrogen and oxygen atoms in total. The molecule has 0 unspecified atom stereocenters. The molecule has 0 atom stereocenters. The third-order valence-corrected chi connectivity index (χ3v) is 3.08. The number of nitrogens with one attached hydrogen (secondary N) is 1. The Kier molecular flexibility index (Phi) is 3.91. The normalized spacial score (nSPS) is 9.95. The molecule has 0 aliphatic rings. The zero-order chi connectivity index (χ0) is 13.8. The van der Waals surface area contributed by atoms with Crippen LogP contribution in [-0.4, -0.2) is 22.0 Å². The van der Waals surface area contributed by atoms with Crippen LogP contribution in [0.15, 0.2) is 47.2 Å². The number of aromatic carboxylic acids is 1. The topological polar surface area (TPSA) is 79.3 Å². The Morgan fingerprint density at radius 3 is 2.63 bits per heavy atom. The summed E-state index contributed by atoms with van der Waals surface area (Å²) in [5, 5.41) is 11.5. The van der Waals surface area contributed by atoms with Crippen molar-refractivity contribution in [3.63, 3.8) is 0 Å². The van der Waals surface area contributed by atoms with Crippen LogP contribution in [0.1, 0.15) is 20.7 Å². The van der Waals surface area contributed by atoms with E-state index in [1.165, 1.54) is 18.3 Å². The molecule has 0 saturated heterocycles. The fourth-order valence-electron chi connectivity index (χ4n) is 1.45. The molecule has 0 radical (unpaired) electrons. The van der Waals surface area contributed by atoms with Crippen LogP contribution in [0.3, 0.4) is 0 Å². The molecule has 96 valence electrons. The number of hydrogen-bond donors (Lipinski definition) is 2. The van der Waals surface area contributed by atoms with Gasteiger partial charge in [0.1, 0.15) is 0 Å². The van der Waals surface area contributed by atoms with Gasteiger partial charge in [-0.15, -0.1) is 0 Å². The summed E-state index contributed by atoms with van der Waals surface area (Å²) in [5.41, 5.74) is 0.897. The second-order valence-corrected chi connectivity index (χ2v) is 4.55. The second kappa shape index (κ2) is 5.62. The first kappa shape index (κ1) is 13.2. The molecule has 1 aromatic heterocycles. The van der Waals surface area contributed by atoms with Gasteiger partial charge < -0.3 is 10.4 Å². The minimum atomic E-state index is -1.05. The lowest BCUT2D eigenvalue weighted by Gasteiger charge is -2.08. The maximum Gasteiger partial charge on any atom is 0.335 e. The van der Waals surface area contributed by atoms with Crippen molar-refractivity contribution in [1.82, 2.24) is 4.98 Å². The number of nitrogens with zero attached hydrogens (tertiary/aromatic N) is 1. The van der Waals surface area contributed by atoms with Crippen LogP contribution >= 0.6 is 15.9 Å². The predicted octanol–water partition coefficient (Wildman–Crippen LogP) is 2.79. The maximum atomic E-state index is 11.9. The van der Waals surface area contributed by atoms with Crippen molar-refractivity contribution in [2.75, 3.05) is 5.32 Å². The van der Waals surface area contributed by atoms with Gasteiger partial charge >= 0.3 is 5.97 Å². The van der Waals surface area contributed by atoms with Crippen molar-refractivity contribution in [3.8, 4) is 0 Å². The minimum Gasteiger partial charge on any atom is -0.478 e. The van der Waals surface area contributed by atoms with Crippen LogP contribution in [0.5, 0.6) is 0 Å². The third kappa shape index (κ3) is 3.17. The van der Waals surface area contributed by atoms with E-state index in [9.17, 15) is 9.59 Å². The molecule has 0 fully saturated rings. The van der Waals surface area contributed by atoms with E-state index in [0.717, 1.165) is 0 Å². The Morgan fingerprint density at radius 2 is 2.00 bits per heavy atom. The largest absolute Gasteiger partial charge is 0.478 e. The summed E-state index contributed by atoms with van der Waals surface area (Å²) in [6, 6.07) is 7.68. The molecule has 6 heteroatoms. The molecule has 0 aliphatic carbocycles.